The van der Waals surface area contributed by atoms with Crippen LogP contribution in [-0.4, -0.2) is 6.17 Å². The first kappa shape index (κ1) is 17.5. The summed E-state index contributed by atoms with van der Waals surface area (Å²) in [6.45, 7) is 0. The molecule has 1 aliphatic carbocycles. The summed E-state index contributed by atoms with van der Waals surface area (Å²) in [7, 11) is 0. The zero-order valence-corrected chi connectivity index (χ0v) is 13.1. The number of hydrogen-bond acceptors (Lipinski definition) is 0. The molecule has 1 aromatic carbocycles. The molecule has 0 bridgehead atoms. The van der Waals surface area contributed by atoms with Gasteiger partial charge in [0, 0.05) is 5.56 Å². The summed E-state index contributed by atoms with van der Waals surface area (Å²) in [5, 5.41) is 0. The average Bonchev–Trinajstić information content (AvgIpc) is 2.50. The van der Waals surface area contributed by atoms with Crippen molar-refractivity contribution in [3.63, 3.8) is 0 Å². The van der Waals surface area contributed by atoms with E-state index in [2.05, 4.69) is 31.9 Å². The van der Waals surface area contributed by atoms with E-state index in [1.165, 1.54) is 0 Å². The summed E-state index contributed by atoms with van der Waals surface area (Å²) >= 11 is 4.43. The number of alkyl halides is 1. The van der Waals surface area contributed by atoms with Gasteiger partial charge in [-0.25, -0.2) is 35.1 Å². The maximum absolute atomic E-state index is 13.8. The van der Waals surface area contributed by atoms with E-state index >= 15 is 0 Å². The van der Waals surface area contributed by atoms with Crippen LogP contribution < -0.4 is 0 Å². The molecule has 0 fully saturated rings. The highest BCUT2D eigenvalue weighted by atomic mass is 79.9. The van der Waals surface area contributed by atoms with Crippen LogP contribution in [0.1, 0.15) is 11.5 Å². The first-order valence-corrected chi connectivity index (χ1v) is 6.95. The lowest BCUT2D eigenvalue weighted by Gasteiger charge is -2.25. The third-order valence-corrected chi connectivity index (χ3v) is 4.40. The first-order valence-electron chi connectivity index (χ1n) is 5.37. The highest BCUT2D eigenvalue weighted by Gasteiger charge is 2.44. The molecular formula is C12H2Br2F8. The van der Waals surface area contributed by atoms with Crippen LogP contribution in [0.2, 0.25) is 0 Å². The van der Waals surface area contributed by atoms with Gasteiger partial charge in [0.2, 0.25) is 0 Å². The van der Waals surface area contributed by atoms with Crippen molar-refractivity contribution in [3.05, 3.63) is 55.3 Å². The standard InChI is InChI=1S/C12H2Br2F8/c13-3-9(19)5(15)1(6(16)10(3)20)2-7(17)11(21)4(14)12(22)8(2)18/h1,5H. The largest absolute Gasteiger partial charge is 0.239 e. The van der Waals surface area contributed by atoms with E-state index < -0.39 is 67.4 Å². The van der Waals surface area contributed by atoms with Crippen LogP contribution in [0.4, 0.5) is 35.1 Å². The van der Waals surface area contributed by atoms with Gasteiger partial charge in [0.05, 0.1) is 14.9 Å². The average molecular weight is 458 g/mol. The van der Waals surface area contributed by atoms with Crippen molar-refractivity contribution in [1.29, 1.82) is 0 Å². The molecule has 1 aliphatic rings. The van der Waals surface area contributed by atoms with E-state index in [0.717, 1.165) is 0 Å². The predicted molar refractivity (Wildman–Crippen MR) is 67.9 cm³/mol. The third-order valence-electron chi connectivity index (χ3n) is 2.97. The van der Waals surface area contributed by atoms with Gasteiger partial charge in [-0.15, -0.1) is 0 Å². The van der Waals surface area contributed by atoms with Crippen LogP contribution in [0, 0.1) is 23.3 Å². The van der Waals surface area contributed by atoms with E-state index in [0.29, 0.717) is 0 Å². The number of hydrogen-bond donors (Lipinski definition) is 0. The molecule has 0 aliphatic heterocycles. The molecule has 0 heterocycles. The lowest BCUT2D eigenvalue weighted by molar-refractivity contribution is 0.252. The van der Waals surface area contributed by atoms with Crippen molar-refractivity contribution in [3.8, 4) is 0 Å². The Kier molecular flexibility index (Phi) is 4.72. The minimum Gasteiger partial charge on any atom is -0.239 e. The van der Waals surface area contributed by atoms with Gasteiger partial charge in [-0.05, 0) is 31.9 Å². The van der Waals surface area contributed by atoms with Crippen LogP contribution >= 0.6 is 31.9 Å². The highest BCUT2D eigenvalue weighted by Crippen LogP contribution is 2.48. The number of benzene rings is 1. The highest BCUT2D eigenvalue weighted by molar-refractivity contribution is 9.12. The summed E-state index contributed by atoms with van der Waals surface area (Å²) in [6.07, 6.45) is -3.07. The van der Waals surface area contributed by atoms with Crippen molar-refractivity contribution in [2.75, 3.05) is 0 Å². The molecule has 0 nitrogen and oxygen atoms in total. The molecule has 2 rings (SSSR count). The quantitative estimate of drug-likeness (QED) is 0.269. The molecule has 1 aromatic rings. The molecule has 0 radical (unpaired) electrons. The molecule has 0 aromatic heterocycles. The van der Waals surface area contributed by atoms with Gasteiger partial charge in [0.25, 0.3) is 0 Å². The van der Waals surface area contributed by atoms with E-state index in [-0.39, 0.29) is 0 Å². The second-order valence-electron chi connectivity index (χ2n) is 4.19. The van der Waals surface area contributed by atoms with Crippen molar-refractivity contribution in [1.82, 2.24) is 0 Å². The Morgan fingerprint density at radius 3 is 1.59 bits per heavy atom. The van der Waals surface area contributed by atoms with Crippen molar-refractivity contribution in [2.45, 2.75) is 12.1 Å². The molecule has 0 N–H and O–H groups in total. The Balaban J connectivity index is 2.79. The van der Waals surface area contributed by atoms with Crippen LogP contribution in [-0.2, 0) is 0 Å². The summed E-state index contributed by atoms with van der Waals surface area (Å²) in [4.78, 5) is 0. The molecule has 120 valence electrons. The summed E-state index contributed by atoms with van der Waals surface area (Å²) in [5.74, 6) is -17.1. The molecule has 0 spiro atoms. The Morgan fingerprint density at radius 2 is 1.14 bits per heavy atom. The lowest BCUT2D eigenvalue weighted by Crippen LogP contribution is -2.24. The SMILES string of the molecule is FC1=C(F)C(c2c(F)c(F)c(Br)c(F)c2F)C(F)C(F)=C1Br. The molecule has 0 saturated heterocycles. The minimum absolute atomic E-state index is 1.22. The van der Waals surface area contributed by atoms with E-state index in [9.17, 15) is 35.1 Å². The molecular weight excluding hydrogens is 456 g/mol. The van der Waals surface area contributed by atoms with Gasteiger partial charge in [0.1, 0.15) is 5.83 Å². The fraction of sp³-hybridized carbons (Fsp3) is 0.167. The lowest BCUT2D eigenvalue weighted by atomic mass is 9.87. The Hall–Kier alpha value is -0.900. The van der Waals surface area contributed by atoms with Crippen LogP contribution in [0.5, 0.6) is 0 Å². The van der Waals surface area contributed by atoms with Crippen molar-refractivity contribution < 1.29 is 35.1 Å². The first-order chi connectivity index (χ1) is 10.1. The zero-order valence-electron chi connectivity index (χ0n) is 9.93. The molecule has 22 heavy (non-hydrogen) atoms. The Labute approximate surface area is 134 Å². The molecule has 10 heteroatoms. The predicted octanol–water partition coefficient (Wildman–Crippen LogP) is 6.17. The third kappa shape index (κ3) is 2.40. The fourth-order valence-electron chi connectivity index (χ4n) is 1.91. The topological polar surface area (TPSA) is 0 Å². The second-order valence-corrected chi connectivity index (χ2v) is 5.77. The molecule has 2 atom stereocenters. The van der Waals surface area contributed by atoms with Crippen molar-refractivity contribution >= 4 is 31.9 Å². The van der Waals surface area contributed by atoms with Crippen LogP contribution in [0.3, 0.4) is 0 Å². The monoisotopic (exact) mass is 456 g/mol. The van der Waals surface area contributed by atoms with E-state index in [1.54, 1.807) is 0 Å². The fourth-order valence-corrected chi connectivity index (χ4v) is 2.67. The Morgan fingerprint density at radius 1 is 0.682 bits per heavy atom. The van der Waals surface area contributed by atoms with Gasteiger partial charge in [-0.1, -0.05) is 0 Å². The molecule has 0 amide bonds. The minimum atomic E-state index is -3.07. The maximum atomic E-state index is 13.8. The normalized spacial score (nSPS) is 22.6. The number of halogens is 10. The zero-order chi connectivity index (χ0) is 16.9. The van der Waals surface area contributed by atoms with Gasteiger partial charge in [-0.2, -0.15) is 0 Å². The maximum Gasteiger partial charge on any atom is 0.176 e. The van der Waals surface area contributed by atoms with Crippen molar-refractivity contribution in [2.24, 2.45) is 0 Å². The van der Waals surface area contributed by atoms with Crippen LogP contribution in [0.15, 0.2) is 26.4 Å². The van der Waals surface area contributed by atoms with Gasteiger partial charge < -0.3 is 0 Å². The smallest absolute Gasteiger partial charge is 0.176 e. The van der Waals surface area contributed by atoms with E-state index in [1.807, 2.05) is 0 Å². The summed E-state index contributed by atoms with van der Waals surface area (Å²) in [5.41, 5.74) is -1.78. The van der Waals surface area contributed by atoms with E-state index in [4.69, 9.17) is 0 Å². The summed E-state index contributed by atoms with van der Waals surface area (Å²) in [6, 6.07) is 0. The molecule has 0 saturated carbocycles. The molecule has 2 unspecified atom stereocenters. The number of rotatable bonds is 1. The van der Waals surface area contributed by atoms with Crippen LogP contribution in [0.25, 0.3) is 0 Å². The summed E-state index contributed by atoms with van der Waals surface area (Å²) < 4.78 is 106. The Bertz CT molecular complexity index is 695. The van der Waals surface area contributed by atoms with Gasteiger partial charge >= 0.3 is 0 Å². The number of allylic oxidation sites excluding steroid dienone is 4. The van der Waals surface area contributed by atoms with Gasteiger partial charge in [-0.3, -0.25) is 0 Å². The van der Waals surface area contributed by atoms with Gasteiger partial charge in [0.15, 0.2) is 41.1 Å². The second kappa shape index (κ2) is 5.95.